The van der Waals surface area contributed by atoms with Gasteiger partial charge in [0, 0.05) is 18.7 Å². The van der Waals surface area contributed by atoms with Gasteiger partial charge in [0.05, 0.1) is 18.3 Å². The minimum absolute atomic E-state index is 0.00365. The maximum absolute atomic E-state index is 13.4. The minimum Gasteiger partial charge on any atom is -0.371 e. The predicted octanol–water partition coefficient (Wildman–Crippen LogP) is 2.33. The van der Waals surface area contributed by atoms with Crippen LogP contribution in [0, 0.1) is 5.82 Å². The van der Waals surface area contributed by atoms with E-state index in [1.54, 1.807) is 0 Å². The van der Waals surface area contributed by atoms with Crippen molar-refractivity contribution in [3.8, 4) is 0 Å². The Morgan fingerprint density at radius 3 is 2.47 bits per heavy atom. The van der Waals surface area contributed by atoms with Gasteiger partial charge in [-0.3, -0.25) is 0 Å². The number of benzene rings is 1. The van der Waals surface area contributed by atoms with Gasteiger partial charge in [-0.05, 0) is 12.1 Å². The molecule has 1 N–H and O–H groups in total. The van der Waals surface area contributed by atoms with E-state index in [-0.39, 0.29) is 18.3 Å². The molecule has 1 fully saturated rings. The third-order valence-corrected chi connectivity index (χ3v) is 2.60. The summed E-state index contributed by atoms with van der Waals surface area (Å²) in [5.41, 5.74) is -0.839. The Labute approximate surface area is 95.6 Å². The Bertz CT molecular complexity index is 401. The number of rotatable bonds is 3. The summed E-state index contributed by atoms with van der Waals surface area (Å²) in [6.45, 7) is 1.39. The third-order valence-electron chi connectivity index (χ3n) is 2.60. The van der Waals surface area contributed by atoms with Gasteiger partial charge in [-0.15, -0.1) is 0 Å². The number of alkyl halides is 3. The maximum atomic E-state index is 13.4. The molecule has 0 amide bonds. The first-order valence-electron chi connectivity index (χ1n) is 5.15. The number of hydrogen-bond donors (Lipinski definition) is 1. The first-order valence-corrected chi connectivity index (χ1v) is 5.15. The second kappa shape index (κ2) is 4.62. The molecule has 1 saturated heterocycles. The standard InChI is InChI=1S/C11H11F4NO/c12-10-3-8(11(13,14)15)2-1-7(10)6-17-9-4-16-5-9/h1-3,9,16H,4-6H2. The summed E-state index contributed by atoms with van der Waals surface area (Å²) >= 11 is 0. The van der Waals surface area contributed by atoms with Crippen molar-refractivity contribution in [1.29, 1.82) is 0 Å². The van der Waals surface area contributed by atoms with Gasteiger partial charge in [-0.1, -0.05) is 6.07 Å². The lowest BCUT2D eigenvalue weighted by molar-refractivity contribution is -0.137. The lowest BCUT2D eigenvalue weighted by atomic mass is 10.1. The predicted molar refractivity (Wildman–Crippen MR) is 52.8 cm³/mol. The fraction of sp³-hybridized carbons (Fsp3) is 0.455. The molecule has 0 saturated carbocycles. The number of halogens is 4. The van der Waals surface area contributed by atoms with Crippen molar-refractivity contribution in [3.63, 3.8) is 0 Å². The smallest absolute Gasteiger partial charge is 0.371 e. The minimum atomic E-state index is -4.52. The largest absolute Gasteiger partial charge is 0.416 e. The van der Waals surface area contributed by atoms with Crippen molar-refractivity contribution < 1.29 is 22.3 Å². The molecule has 0 aromatic heterocycles. The van der Waals surface area contributed by atoms with E-state index >= 15 is 0 Å². The maximum Gasteiger partial charge on any atom is 0.416 e. The van der Waals surface area contributed by atoms with Crippen LogP contribution in [-0.4, -0.2) is 19.2 Å². The average Bonchev–Trinajstić information content (AvgIpc) is 2.16. The molecule has 1 aromatic carbocycles. The second-order valence-electron chi connectivity index (χ2n) is 3.90. The zero-order valence-corrected chi connectivity index (χ0v) is 8.85. The highest BCUT2D eigenvalue weighted by atomic mass is 19.4. The van der Waals surface area contributed by atoms with Crippen molar-refractivity contribution in [2.24, 2.45) is 0 Å². The van der Waals surface area contributed by atoms with Gasteiger partial charge in [0.1, 0.15) is 5.82 Å². The van der Waals surface area contributed by atoms with Crippen molar-refractivity contribution in [3.05, 3.63) is 35.1 Å². The van der Waals surface area contributed by atoms with E-state index in [9.17, 15) is 17.6 Å². The van der Waals surface area contributed by atoms with Crippen molar-refractivity contribution >= 4 is 0 Å². The molecule has 1 aliphatic rings. The number of ether oxygens (including phenoxy) is 1. The van der Waals surface area contributed by atoms with Crippen LogP contribution < -0.4 is 5.32 Å². The lowest BCUT2D eigenvalue weighted by Gasteiger charge is -2.27. The zero-order chi connectivity index (χ0) is 12.5. The van der Waals surface area contributed by atoms with Crippen LogP contribution in [0.1, 0.15) is 11.1 Å². The first kappa shape index (κ1) is 12.3. The van der Waals surface area contributed by atoms with Crippen LogP contribution in [0.15, 0.2) is 18.2 Å². The fourth-order valence-electron chi connectivity index (χ4n) is 1.43. The number of hydrogen-bond acceptors (Lipinski definition) is 2. The zero-order valence-electron chi connectivity index (χ0n) is 8.85. The highest BCUT2D eigenvalue weighted by Crippen LogP contribution is 2.30. The van der Waals surface area contributed by atoms with E-state index in [0.29, 0.717) is 19.2 Å². The summed E-state index contributed by atoms with van der Waals surface area (Å²) in [5, 5.41) is 2.97. The Kier molecular flexibility index (Phi) is 3.35. The summed E-state index contributed by atoms with van der Waals surface area (Å²) < 4.78 is 55.5. The van der Waals surface area contributed by atoms with E-state index in [2.05, 4.69) is 5.32 Å². The summed E-state index contributed by atoms with van der Waals surface area (Å²) in [6, 6.07) is 2.47. The summed E-state index contributed by atoms with van der Waals surface area (Å²) in [5.74, 6) is -0.882. The Hall–Kier alpha value is -1.14. The van der Waals surface area contributed by atoms with E-state index in [0.717, 1.165) is 12.1 Å². The fourth-order valence-corrected chi connectivity index (χ4v) is 1.43. The molecular weight excluding hydrogens is 238 g/mol. The molecule has 1 heterocycles. The van der Waals surface area contributed by atoms with Crippen molar-refractivity contribution in [1.82, 2.24) is 5.32 Å². The molecule has 94 valence electrons. The van der Waals surface area contributed by atoms with Gasteiger partial charge < -0.3 is 10.1 Å². The topological polar surface area (TPSA) is 21.3 Å². The lowest BCUT2D eigenvalue weighted by Crippen LogP contribution is -2.48. The first-order chi connectivity index (χ1) is 7.97. The van der Waals surface area contributed by atoms with Crippen LogP contribution in [0.3, 0.4) is 0 Å². The molecule has 6 heteroatoms. The third kappa shape index (κ3) is 2.95. The molecule has 0 bridgehead atoms. The molecule has 0 spiro atoms. The molecule has 0 radical (unpaired) electrons. The van der Waals surface area contributed by atoms with Crippen LogP contribution >= 0.6 is 0 Å². The molecule has 17 heavy (non-hydrogen) atoms. The average molecular weight is 249 g/mol. The van der Waals surface area contributed by atoms with Gasteiger partial charge in [-0.2, -0.15) is 13.2 Å². The Morgan fingerprint density at radius 2 is 2.00 bits per heavy atom. The van der Waals surface area contributed by atoms with Crippen molar-refractivity contribution in [2.45, 2.75) is 18.9 Å². The highest BCUT2D eigenvalue weighted by molar-refractivity contribution is 5.25. The SMILES string of the molecule is Fc1cc(C(F)(F)F)ccc1COC1CNC1. The quantitative estimate of drug-likeness (QED) is 0.830. The molecule has 0 atom stereocenters. The molecule has 1 aliphatic heterocycles. The summed E-state index contributed by atoms with van der Waals surface area (Å²) in [6.07, 6.45) is -4.49. The van der Waals surface area contributed by atoms with Crippen molar-refractivity contribution in [2.75, 3.05) is 13.1 Å². The Balaban J connectivity index is 2.03. The van der Waals surface area contributed by atoms with Gasteiger partial charge in [0.25, 0.3) is 0 Å². The van der Waals surface area contributed by atoms with E-state index < -0.39 is 17.6 Å². The second-order valence-corrected chi connectivity index (χ2v) is 3.90. The highest BCUT2D eigenvalue weighted by Gasteiger charge is 2.31. The van der Waals surface area contributed by atoms with Crippen LogP contribution in [0.5, 0.6) is 0 Å². The van der Waals surface area contributed by atoms with E-state index in [1.807, 2.05) is 0 Å². The van der Waals surface area contributed by atoms with E-state index in [4.69, 9.17) is 4.74 Å². The monoisotopic (exact) mass is 249 g/mol. The summed E-state index contributed by atoms with van der Waals surface area (Å²) in [7, 11) is 0. The van der Waals surface area contributed by atoms with E-state index in [1.165, 1.54) is 0 Å². The van der Waals surface area contributed by atoms with Crippen LogP contribution in [0.4, 0.5) is 17.6 Å². The Morgan fingerprint density at radius 1 is 1.29 bits per heavy atom. The molecule has 0 unspecified atom stereocenters. The summed E-state index contributed by atoms with van der Waals surface area (Å²) in [4.78, 5) is 0. The van der Waals surface area contributed by atoms with Crippen LogP contribution in [-0.2, 0) is 17.5 Å². The molecule has 1 aromatic rings. The van der Waals surface area contributed by atoms with Gasteiger partial charge in [0.15, 0.2) is 0 Å². The number of nitrogens with one attached hydrogen (secondary N) is 1. The van der Waals surface area contributed by atoms with Crippen LogP contribution in [0.25, 0.3) is 0 Å². The molecule has 2 nitrogen and oxygen atoms in total. The van der Waals surface area contributed by atoms with Gasteiger partial charge >= 0.3 is 6.18 Å². The van der Waals surface area contributed by atoms with Gasteiger partial charge in [-0.25, -0.2) is 4.39 Å². The molecule has 2 rings (SSSR count). The van der Waals surface area contributed by atoms with Crippen LogP contribution in [0.2, 0.25) is 0 Å². The van der Waals surface area contributed by atoms with Gasteiger partial charge in [0.2, 0.25) is 0 Å². The normalized spacial score (nSPS) is 16.9. The molecular formula is C11H11F4NO. The molecule has 0 aliphatic carbocycles.